The lowest BCUT2D eigenvalue weighted by atomic mass is 10.00. The molecular formula is C17H22BrN3S. The van der Waals surface area contributed by atoms with Gasteiger partial charge in [0.1, 0.15) is 4.60 Å². The Kier molecular flexibility index (Phi) is 4.85. The number of rotatable bonds is 3. The molecule has 1 aliphatic rings. The Morgan fingerprint density at radius 1 is 1.18 bits per heavy atom. The van der Waals surface area contributed by atoms with Gasteiger partial charge in [0.25, 0.3) is 0 Å². The van der Waals surface area contributed by atoms with Gasteiger partial charge in [-0.05, 0) is 42.3 Å². The highest BCUT2D eigenvalue weighted by atomic mass is 79.9. The summed E-state index contributed by atoms with van der Waals surface area (Å²) in [5.41, 5.74) is 1.39. The third-order valence-corrected chi connectivity index (χ3v) is 6.24. The summed E-state index contributed by atoms with van der Waals surface area (Å²) in [6, 6.07) is 12.2. The van der Waals surface area contributed by atoms with Gasteiger partial charge in [-0.15, -0.1) is 11.3 Å². The van der Waals surface area contributed by atoms with E-state index in [-0.39, 0.29) is 0 Å². The number of halogens is 1. The first-order valence-electron chi connectivity index (χ1n) is 7.73. The Balaban J connectivity index is 1.77. The lowest BCUT2D eigenvalue weighted by Crippen LogP contribution is -2.61. The molecule has 0 amide bonds. The third-order valence-electron chi connectivity index (χ3n) is 4.66. The molecule has 2 aromatic rings. The molecule has 0 spiro atoms. The zero-order chi connectivity index (χ0) is 15.7. The van der Waals surface area contributed by atoms with Crippen LogP contribution in [0.15, 0.2) is 40.3 Å². The fourth-order valence-electron chi connectivity index (χ4n) is 3.22. The van der Waals surface area contributed by atoms with E-state index < -0.39 is 0 Å². The predicted octanol–water partition coefficient (Wildman–Crippen LogP) is 4.39. The third kappa shape index (κ3) is 3.21. The number of aromatic nitrogens is 1. The molecule has 118 valence electrons. The summed E-state index contributed by atoms with van der Waals surface area (Å²) in [5.74, 6) is 0. The molecule has 22 heavy (non-hydrogen) atoms. The van der Waals surface area contributed by atoms with Crippen LogP contribution < -0.4 is 4.90 Å². The van der Waals surface area contributed by atoms with Crippen molar-refractivity contribution in [3.05, 3.63) is 45.9 Å². The summed E-state index contributed by atoms with van der Waals surface area (Å²) in [5, 5.41) is 3.19. The average molecular weight is 380 g/mol. The zero-order valence-corrected chi connectivity index (χ0v) is 15.6. The van der Waals surface area contributed by atoms with Crippen LogP contribution in [0.3, 0.4) is 0 Å². The highest BCUT2D eigenvalue weighted by Crippen LogP contribution is 2.31. The Hall–Kier alpha value is -0.910. The predicted molar refractivity (Wildman–Crippen MR) is 97.5 cm³/mol. The van der Waals surface area contributed by atoms with Gasteiger partial charge in [0.05, 0.1) is 0 Å². The Morgan fingerprint density at radius 3 is 2.55 bits per heavy atom. The first-order valence-corrected chi connectivity index (χ1v) is 9.41. The number of thiazole rings is 1. The summed E-state index contributed by atoms with van der Waals surface area (Å²) in [4.78, 5) is 9.67. The van der Waals surface area contributed by atoms with Gasteiger partial charge in [-0.2, -0.15) is 0 Å². The fourth-order valence-corrected chi connectivity index (χ4v) is 4.57. The minimum Gasteiger partial charge on any atom is -0.342 e. The minimum atomic E-state index is 0.456. The molecule has 0 aliphatic carbocycles. The summed E-state index contributed by atoms with van der Waals surface area (Å²) < 4.78 is 0.937. The Morgan fingerprint density at radius 2 is 1.91 bits per heavy atom. The van der Waals surface area contributed by atoms with Crippen molar-refractivity contribution >= 4 is 32.4 Å². The molecule has 2 heterocycles. The molecule has 0 N–H and O–H groups in total. The average Bonchev–Trinajstić information content (AvgIpc) is 2.95. The molecular weight excluding hydrogens is 358 g/mol. The van der Waals surface area contributed by atoms with Crippen LogP contribution in [0.1, 0.15) is 26.3 Å². The standard InChI is InChI=1S/C17H22BrN3S/c1-12-9-21(17-19-16(18)11-22-17)14(3)13(2)20(12)10-15-7-5-4-6-8-15/h4-8,11-14H,9-10H2,1-3H3. The molecule has 1 aromatic heterocycles. The minimum absolute atomic E-state index is 0.456. The number of piperazine rings is 1. The van der Waals surface area contributed by atoms with Crippen molar-refractivity contribution in [1.29, 1.82) is 0 Å². The fraction of sp³-hybridized carbons (Fsp3) is 0.471. The molecule has 3 rings (SSSR count). The van der Waals surface area contributed by atoms with Crippen LogP contribution >= 0.6 is 27.3 Å². The van der Waals surface area contributed by atoms with Gasteiger partial charge in [0.15, 0.2) is 5.13 Å². The molecule has 1 saturated heterocycles. The van der Waals surface area contributed by atoms with Crippen LogP contribution in [0.2, 0.25) is 0 Å². The van der Waals surface area contributed by atoms with Gasteiger partial charge in [0.2, 0.25) is 0 Å². The second-order valence-corrected chi connectivity index (χ2v) is 7.74. The van der Waals surface area contributed by atoms with E-state index >= 15 is 0 Å². The number of anilines is 1. The van der Waals surface area contributed by atoms with E-state index in [0.29, 0.717) is 18.1 Å². The van der Waals surface area contributed by atoms with Crippen LogP contribution in [0.4, 0.5) is 5.13 Å². The van der Waals surface area contributed by atoms with Crippen molar-refractivity contribution in [1.82, 2.24) is 9.88 Å². The topological polar surface area (TPSA) is 19.4 Å². The summed E-state index contributed by atoms with van der Waals surface area (Å²) in [7, 11) is 0. The maximum Gasteiger partial charge on any atom is 0.186 e. The van der Waals surface area contributed by atoms with Gasteiger partial charge >= 0.3 is 0 Å². The van der Waals surface area contributed by atoms with Crippen LogP contribution in [0.5, 0.6) is 0 Å². The molecule has 3 atom stereocenters. The van der Waals surface area contributed by atoms with E-state index in [4.69, 9.17) is 0 Å². The van der Waals surface area contributed by atoms with Crippen molar-refractivity contribution in [2.45, 2.75) is 45.4 Å². The monoisotopic (exact) mass is 379 g/mol. The number of nitrogens with zero attached hydrogens (tertiary/aromatic N) is 3. The van der Waals surface area contributed by atoms with Gasteiger partial charge in [-0.1, -0.05) is 30.3 Å². The van der Waals surface area contributed by atoms with E-state index in [1.54, 1.807) is 11.3 Å². The van der Waals surface area contributed by atoms with E-state index in [1.807, 2.05) is 0 Å². The molecule has 5 heteroatoms. The number of benzene rings is 1. The van der Waals surface area contributed by atoms with Gasteiger partial charge in [-0.3, -0.25) is 4.90 Å². The highest BCUT2D eigenvalue weighted by Gasteiger charge is 2.36. The molecule has 3 unspecified atom stereocenters. The smallest absolute Gasteiger partial charge is 0.186 e. The van der Waals surface area contributed by atoms with Gasteiger partial charge < -0.3 is 4.90 Å². The number of hydrogen-bond donors (Lipinski definition) is 0. The van der Waals surface area contributed by atoms with Crippen LogP contribution in [-0.2, 0) is 6.54 Å². The molecule has 0 saturated carbocycles. The maximum absolute atomic E-state index is 4.61. The van der Waals surface area contributed by atoms with Gasteiger partial charge in [0, 0.05) is 36.6 Å². The van der Waals surface area contributed by atoms with Crippen molar-refractivity contribution in [2.24, 2.45) is 0 Å². The molecule has 1 aromatic carbocycles. The zero-order valence-electron chi connectivity index (χ0n) is 13.2. The SMILES string of the molecule is CC1C(C)N(Cc2ccccc2)C(C)CN1c1nc(Br)cs1. The van der Waals surface area contributed by atoms with E-state index in [1.165, 1.54) is 5.56 Å². The largest absolute Gasteiger partial charge is 0.342 e. The van der Waals surface area contributed by atoms with Crippen molar-refractivity contribution < 1.29 is 0 Å². The van der Waals surface area contributed by atoms with E-state index in [9.17, 15) is 0 Å². The second-order valence-electron chi connectivity index (χ2n) is 6.09. The van der Waals surface area contributed by atoms with E-state index in [2.05, 4.69) is 87.2 Å². The van der Waals surface area contributed by atoms with Crippen molar-refractivity contribution in [2.75, 3.05) is 11.4 Å². The normalized spacial score (nSPS) is 26.4. The van der Waals surface area contributed by atoms with Crippen LogP contribution in [0.25, 0.3) is 0 Å². The van der Waals surface area contributed by atoms with Crippen LogP contribution in [-0.4, -0.2) is 34.6 Å². The lowest BCUT2D eigenvalue weighted by molar-refractivity contribution is 0.0974. The summed E-state index contributed by atoms with van der Waals surface area (Å²) >= 11 is 5.19. The first-order chi connectivity index (χ1) is 10.6. The molecule has 1 aliphatic heterocycles. The van der Waals surface area contributed by atoms with Crippen molar-refractivity contribution in [3.63, 3.8) is 0 Å². The van der Waals surface area contributed by atoms with Crippen molar-refractivity contribution in [3.8, 4) is 0 Å². The summed E-state index contributed by atoms with van der Waals surface area (Å²) in [6.45, 7) is 9.00. The molecule has 0 radical (unpaired) electrons. The van der Waals surface area contributed by atoms with E-state index in [0.717, 1.165) is 22.8 Å². The first kappa shape index (κ1) is 16.0. The number of hydrogen-bond acceptors (Lipinski definition) is 4. The highest BCUT2D eigenvalue weighted by molar-refractivity contribution is 9.10. The maximum atomic E-state index is 4.61. The Labute approximate surface area is 145 Å². The van der Waals surface area contributed by atoms with Crippen LogP contribution in [0, 0.1) is 0 Å². The molecule has 3 nitrogen and oxygen atoms in total. The summed E-state index contributed by atoms with van der Waals surface area (Å²) in [6.07, 6.45) is 0. The van der Waals surface area contributed by atoms with Gasteiger partial charge in [-0.25, -0.2) is 4.98 Å². The second kappa shape index (κ2) is 6.69. The Bertz CT molecular complexity index is 615. The molecule has 0 bridgehead atoms. The quantitative estimate of drug-likeness (QED) is 0.787. The lowest BCUT2D eigenvalue weighted by Gasteiger charge is -2.49. The molecule has 1 fully saturated rings.